The molecule has 5 heteroatoms. The van der Waals surface area contributed by atoms with Crippen LogP contribution in [0.5, 0.6) is 0 Å². The van der Waals surface area contributed by atoms with Gasteiger partial charge in [-0.1, -0.05) is 36.4 Å². The highest BCUT2D eigenvalue weighted by Gasteiger charge is 2.52. The van der Waals surface area contributed by atoms with Gasteiger partial charge >= 0.3 is 0 Å². The number of hydrogen-bond acceptors (Lipinski definition) is 5. The zero-order valence-corrected chi connectivity index (χ0v) is 15.0. The van der Waals surface area contributed by atoms with Gasteiger partial charge in [-0.3, -0.25) is 4.90 Å². The van der Waals surface area contributed by atoms with Gasteiger partial charge in [-0.2, -0.15) is 15.8 Å². The van der Waals surface area contributed by atoms with Gasteiger partial charge in [-0.05, 0) is 25.0 Å². The summed E-state index contributed by atoms with van der Waals surface area (Å²) in [5.74, 6) is -0.376. The molecule has 0 saturated carbocycles. The first kappa shape index (κ1) is 17.7. The second-order valence-electron chi connectivity index (χ2n) is 7.11. The van der Waals surface area contributed by atoms with E-state index in [1.807, 2.05) is 36.4 Å². The van der Waals surface area contributed by atoms with Crippen LogP contribution in [0.3, 0.4) is 0 Å². The molecule has 1 heterocycles. The van der Waals surface area contributed by atoms with Crippen LogP contribution < -0.4 is 5.73 Å². The third-order valence-corrected chi connectivity index (χ3v) is 5.56. The summed E-state index contributed by atoms with van der Waals surface area (Å²) in [5, 5.41) is 29.5. The van der Waals surface area contributed by atoms with Crippen LogP contribution in [-0.4, -0.2) is 24.0 Å². The largest absolute Gasteiger partial charge is 0.399 e. The van der Waals surface area contributed by atoms with E-state index in [4.69, 9.17) is 5.73 Å². The number of nitriles is 3. The molecular formula is C21H21N5. The monoisotopic (exact) mass is 343 g/mol. The number of nitrogens with two attached hydrogens (primary N) is 1. The van der Waals surface area contributed by atoms with E-state index in [0.29, 0.717) is 24.7 Å². The minimum Gasteiger partial charge on any atom is -0.399 e. The van der Waals surface area contributed by atoms with Crippen LogP contribution >= 0.6 is 0 Å². The number of rotatable bonds is 2. The van der Waals surface area contributed by atoms with Gasteiger partial charge in [0.25, 0.3) is 0 Å². The van der Waals surface area contributed by atoms with Crippen molar-refractivity contribution in [1.29, 1.82) is 15.8 Å². The van der Waals surface area contributed by atoms with Gasteiger partial charge in [-0.25, -0.2) is 0 Å². The molecule has 2 aliphatic rings. The molecule has 0 aromatic heterocycles. The van der Waals surface area contributed by atoms with Crippen molar-refractivity contribution in [3.63, 3.8) is 0 Å². The van der Waals surface area contributed by atoms with Crippen LogP contribution in [-0.2, 0) is 0 Å². The summed E-state index contributed by atoms with van der Waals surface area (Å²) in [7, 11) is 0. The third kappa shape index (κ3) is 2.48. The second-order valence-corrected chi connectivity index (χ2v) is 7.11. The Labute approximate surface area is 154 Å². The molecule has 26 heavy (non-hydrogen) atoms. The lowest BCUT2D eigenvalue weighted by Crippen LogP contribution is -2.48. The molecule has 5 nitrogen and oxygen atoms in total. The molecule has 2 unspecified atom stereocenters. The van der Waals surface area contributed by atoms with Gasteiger partial charge in [0.1, 0.15) is 0 Å². The Kier molecular flexibility index (Phi) is 4.56. The summed E-state index contributed by atoms with van der Waals surface area (Å²) in [6.07, 6.45) is 1.97. The van der Waals surface area contributed by atoms with Gasteiger partial charge in [0.15, 0.2) is 0 Å². The second kappa shape index (κ2) is 6.68. The maximum atomic E-state index is 9.85. The number of hydrogen-bond donors (Lipinski definition) is 1. The summed E-state index contributed by atoms with van der Waals surface area (Å²) >= 11 is 0. The molecule has 0 saturated heterocycles. The lowest BCUT2D eigenvalue weighted by molar-refractivity contribution is 0.186. The van der Waals surface area contributed by atoms with Gasteiger partial charge in [-0.15, -0.1) is 0 Å². The highest BCUT2D eigenvalue weighted by Crippen LogP contribution is 2.52. The van der Waals surface area contributed by atoms with E-state index in [1.165, 1.54) is 0 Å². The van der Waals surface area contributed by atoms with E-state index in [1.54, 1.807) is 0 Å². The maximum absolute atomic E-state index is 9.85. The van der Waals surface area contributed by atoms with Crippen molar-refractivity contribution < 1.29 is 0 Å². The van der Waals surface area contributed by atoms with Crippen LogP contribution in [0.2, 0.25) is 0 Å². The topological polar surface area (TPSA) is 101 Å². The summed E-state index contributed by atoms with van der Waals surface area (Å²) in [6.45, 7) is 5.60. The molecule has 3 rings (SSSR count). The van der Waals surface area contributed by atoms with Gasteiger partial charge < -0.3 is 5.73 Å². The van der Waals surface area contributed by atoms with E-state index >= 15 is 0 Å². The Morgan fingerprint density at radius 3 is 2.35 bits per heavy atom. The molecule has 0 amide bonds. The maximum Gasteiger partial charge on any atom is 0.204 e. The predicted octanol–water partition coefficient (Wildman–Crippen LogP) is 2.82. The Morgan fingerprint density at radius 2 is 1.81 bits per heavy atom. The first-order valence-electron chi connectivity index (χ1n) is 8.72. The Balaban J connectivity index is 2.28. The molecule has 1 aromatic carbocycles. The average Bonchev–Trinajstić information content (AvgIpc) is 2.67. The molecule has 0 radical (unpaired) electrons. The third-order valence-electron chi connectivity index (χ3n) is 5.56. The van der Waals surface area contributed by atoms with Crippen LogP contribution in [0.25, 0.3) is 0 Å². The fourth-order valence-corrected chi connectivity index (χ4v) is 4.12. The number of benzene rings is 1. The SMILES string of the molecule is CC(C)N1CC=C2C(C1)C(c1ccccc1)C(C#N)=C(N)C2(C#N)C#N. The molecule has 0 fully saturated rings. The smallest absolute Gasteiger partial charge is 0.204 e. The summed E-state index contributed by atoms with van der Waals surface area (Å²) < 4.78 is 0. The standard InChI is InChI=1S/C21H21N5/c1-14(2)26-9-8-18-17(11-26)19(15-6-4-3-5-7-15)16(10-22)20(25)21(18,12-23)13-24/h3-8,14,17,19H,9,11,25H2,1-2H3. The number of allylic oxidation sites excluding steroid dienone is 2. The minimum atomic E-state index is -1.55. The first-order valence-corrected chi connectivity index (χ1v) is 8.72. The molecule has 1 aromatic rings. The lowest BCUT2D eigenvalue weighted by atomic mass is 9.60. The fourth-order valence-electron chi connectivity index (χ4n) is 4.12. The minimum absolute atomic E-state index is 0.0827. The molecule has 1 aliphatic carbocycles. The van der Waals surface area contributed by atoms with Crippen molar-refractivity contribution in [1.82, 2.24) is 4.90 Å². The van der Waals surface area contributed by atoms with E-state index in [2.05, 4.69) is 37.0 Å². The Morgan fingerprint density at radius 1 is 1.15 bits per heavy atom. The van der Waals surface area contributed by atoms with Gasteiger partial charge in [0.2, 0.25) is 5.41 Å². The van der Waals surface area contributed by atoms with E-state index in [0.717, 1.165) is 11.1 Å². The predicted molar refractivity (Wildman–Crippen MR) is 98.0 cm³/mol. The zero-order chi connectivity index (χ0) is 18.9. The van der Waals surface area contributed by atoms with Crippen LogP contribution in [0, 0.1) is 45.3 Å². The van der Waals surface area contributed by atoms with Crippen molar-refractivity contribution >= 4 is 0 Å². The van der Waals surface area contributed by atoms with Crippen LogP contribution in [0.4, 0.5) is 0 Å². The van der Waals surface area contributed by atoms with Crippen molar-refractivity contribution in [2.24, 2.45) is 17.1 Å². The van der Waals surface area contributed by atoms with Crippen LogP contribution in [0.15, 0.2) is 53.3 Å². The van der Waals surface area contributed by atoms with Crippen molar-refractivity contribution in [3.05, 3.63) is 58.8 Å². The molecule has 130 valence electrons. The molecule has 0 spiro atoms. The number of nitrogens with zero attached hydrogens (tertiary/aromatic N) is 4. The highest BCUT2D eigenvalue weighted by molar-refractivity contribution is 5.58. The quantitative estimate of drug-likeness (QED) is 0.832. The van der Waals surface area contributed by atoms with E-state index in [-0.39, 0.29) is 17.5 Å². The molecular weight excluding hydrogens is 322 g/mol. The molecule has 2 atom stereocenters. The first-order chi connectivity index (χ1) is 12.5. The van der Waals surface area contributed by atoms with Gasteiger partial charge in [0.05, 0.1) is 29.5 Å². The molecule has 0 bridgehead atoms. The van der Waals surface area contributed by atoms with E-state index < -0.39 is 5.41 Å². The Hall–Kier alpha value is -3.07. The lowest BCUT2D eigenvalue weighted by Gasteiger charge is -2.46. The van der Waals surface area contributed by atoms with E-state index in [9.17, 15) is 15.8 Å². The van der Waals surface area contributed by atoms with Crippen molar-refractivity contribution in [2.45, 2.75) is 25.8 Å². The highest BCUT2D eigenvalue weighted by atomic mass is 15.2. The summed E-state index contributed by atoms with van der Waals surface area (Å²) in [4.78, 5) is 2.29. The fraction of sp³-hybridized carbons (Fsp3) is 0.381. The summed E-state index contributed by atoms with van der Waals surface area (Å²) in [5.41, 5.74) is 6.87. The zero-order valence-electron chi connectivity index (χ0n) is 15.0. The van der Waals surface area contributed by atoms with Gasteiger partial charge in [0, 0.05) is 31.0 Å². The van der Waals surface area contributed by atoms with Crippen LogP contribution in [0.1, 0.15) is 25.3 Å². The van der Waals surface area contributed by atoms with Crippen molar-refractivity contribution in [2.75, 3.05) is 13.1 Å². The molecule has 1 aliphatic heterocycles. The summed E-state index contributed by atoms with van der Waals surface area (Å²) in [6, 6.07) is 16.5. The molecule has 2 N–H and O–H groups in total. The average molecular weight is 343 g/mol. The Bertz CT molecular complexity index is 875. The normalized spacial score (nSPS) is 24.8. The number of fused-ring (bicyclic) bond motifs is 1. The van der Waals surface area contributed by atoms with Crippen molar-refractivity contribution in [3.8, 4) is 18.2 Å².